The van der Waals surface area contributed by atoms with E-state index >= 15 is 0 Å². The number of rotatable bonds is 5. The predicted molar refractivity (Wildman–Crippen MR) is 102 cm³/mol. The highest BCUT2D eigenvalue weighted by molar-refractivity contribution is 5.87. The molecule has 3 aromatic rings. The minimum Gasteiger partial charge on any atom is -0.374 e. The number of amides is 1. The maximum absolute atomic E-state index is 13.7. The number of carbonyl (C=O) groups is 1. The summed E-state index contributed by atoms with van der Waals surface area (Å²) in [6.45, 7) is 1.33. The van der Waals surface area contributed by atoms with Crippen molar-refractivity contribution in [1.82, 2.24) is 20.3 Å². The van der Waals surface area contributed by atoms with Crippen LogP contribution < -0.4 is 15.5 Å². The minimum absolute atomic E-state index is 0.0312. The first-order valence-corrected chi connectivity index (χ1v) is 9.12. The van der Waals surface area contributed by atoms with Crippen LogP contribution in [0.5, 0.6) is 0 Å². The van der Waals surface area contributed by atoms with Crippen molar-refractivity contribution in [2.75, 3.05) is 29.9 Å². The molecule has 0 saturated carbocycles. The number of carbonyl (C=O) groups excluding carboxylic acids is 1. The van der Waals surface area contributed by atoms with Crippen molar-refractivity contribution in [2.45, 2.75) is 18.9 Å². The molecule has 1 fully saturated rings. The average Bonchev–Trinajstić information content (AvgIpc) is 3.18. The van der Waals surface area contributed by atoms with Gasteiger partial charge in [0.15, 0.2) is 11.6 Å². The SMILES string of the molecule is O=C(CNc1cccc(F)c1F)N[C@@H]1CCCN(c2ncnc3[nH]ccc23)C1. The topological polar surface area (TPSA) is 85.9 Å². The third kappa shape index (κ3) is 3.73. The molecule has 3 heterocycles. The molecule has 0 spiro atoms. The van der Waals surface area contributed by atoms with Crippen LogP contribution in [0.3, 0.4) is 0 Å². The monoisotopic (exact) mass is 386 g/mol. The maximum atomic E-state index is 13.7. The zero-order chi connectivity index (χ0) is 19.5. The van der Waals surface area contributed by atoms with E-state index in [1.54, 1.807) is 0 Å². The highest BCUT2D eigenvalue weighted by Crippen LogP contribution is 2.25. The normalized spacial score (nSPS) is 16.9. The second kappa shape index (κ2) is 7.79. The van der Waals surface area contributed by atoms with Crippen molar-refractivity contribution in [2.24, 2.45) is 0 Å². The molecule has 1 aliphatic rings. The van der Waals surface area contributed by atoms with Gasteiger partial charge in [-0.25, -0.2) is 18.7 Å². The molecule has 7 nitrogen and oxygen atoms in total. The number of piperidine rings is 1. The number of nitrogens with one attached hydrogen (secondary N) is 3. The van der Waals surface area contributed by atoms with Crippen LogP contribution in [-0.2, 0) is 4.79 Å². The molecular weight excluding hydrogens is 366 g/mol. The van der Waals surface area contributed by atoms with Crippen LogP contribution >= 0.6 is 0 Å². The smallest absolute Gasteiger partial charge is 0.239 e. The Bertz CT molecular complexity index is 991. The van der Waals surface area contributed by atoms with E-state index in [9.17, 15) is 13.6 Å². The molecular formula is C19H20F2N6O. The molecule has 0 unspecified atom stereocenters. The lowest BCUT2D eigenvalue weighted by atomic mass is 10.1. The number of anilines is 2. The fourth-order valence-corrected chi connectivity index (χ4v) is 3.49. The highest BCUT2D eigenvalue weighted by Gasteiger charge is 2.24. The van der Waals surface area contributed by atoms with Crippen LogP contribution in [0.2, 0.25) is 0 Å². The number of hydrogen-bond donors (Lipinski definition) is 3. The van der Waals surface area contributed by atoms with E-state index < -0.39 is 11.6 Å². The molecule has 1 aromatic carbocycles. The largest absolute Gasteiger partial charge is 0.374 e. The van der Waals surface area contributed by atoms with Crippen LogP contribution in [-0.4, -0.2) is 46.5 Å². The molecule has 0 aliphatic carbocycles. The number of aromatic amines is 1. The van der Waals surface area contributed by atoms with Crippen LogP contribution in [0.1, 0.15) is 12.8 Å². The van der Waals surface area contributed by atoms with E-state index in [4.69, 9.17) is 0 Å². The lowest BCUT2D eigenvalue weighted by Gasteiger charge is -2.34. The molecule has 0 radical (unpaired) electrons. The summed E-state index contributed by atoms with van der Waals surface area (Å²) in [4.78, 5) is 26.1. The number of nitrogens with zero attached hydrogens (tertiary/aromatic N) is 3. The zero-order valence-electron chi connectivity index (χ0n) is 15.1. The van der Waals surface area contributed by atoms with E-state index in [1.165, 1.54) is 18.5 Å². The third-order valence-electron chi connectivity index (χ3n) is 4.81. The van der Waals surface area contributed by atoms with Crippen molar-refractivity contribution in [1.29, 1.82) is 0 Å². The lowest BCUT2D eigenvalue weighted by Crippen LogP contribution is -2.49. The van der Waals surface area contributed by atoms with Gasteiger partial charge in [0.1, 0.15) is 17.8 Å². The number of halogens is 2. The second-order valence-corrected chi connectivity index (χ2v) is 6.74. The summed E-state index contributed by atoms with van der Waals surface area (Å²) < 4.78 is 26.9. The third-order valence-corrected chi connectivity index (χ3v) is 4.81. The molecule has 3 N–H and O–H groups in total. The Morgan fingerprint density at radius 1 is 1.29 bits per heavy atom. The van der Waals surface area contributed by atoms with Crippen LogP contribution in [0.25, 0.3) is 11.0 Å². The van der Waals surface area contributed by atoms with Crippen LogP contribution in [0.4, 0.5) is 20.3 Å². The summed E-state index contributed by atoms with van der Waals surface area (Å²) >= 11 is 0. The molecule has 1 saturated heterocycles. The van der Waals surface area contributed by atoms with Gasteiger partial charge in [0.2, 0.25) is 5.91 Å². The Morgan fingerprint density at radius 3 is 3.07 bits per heavy atom. The summed E-state index contributed by atoms with van der Waals surface area (Å²) in [7, 11) is 0. The number of hydrogen-bond acceptors (Lipinski definition) is 5. The van der Waals surface area contributed by atoms with Gasteiger partial charge in [-0.3, -0.25) is 4.79 Å². The van der Waals surface area contributed by atoms with Crippen LogP contribution in [0.15, 0.2) is 36.8 Å². The van der Waals surface area contributed by atoms with Gasteiger partial charge in [-0.2, -0.15) is 0 Å². The Kier molecular flexibility index (Phi) is 5.05. The highest BCUT2D eigenvalue weighted by atomic mass is 19.2. The first kappa shape index (κ1) is 18.1. The Hall–Kier alpha value is -3.23. The van der Waals surface area contributed by atoms with Crippen molar-refractivity contribution < 1.29 is 13.6 Å². The Morgan fingerprint density at radius 2 is 2.18 bits per heavy atom. The Labute approximate surface area is 160 Å². The zero-order valence-corrected chi connectivity index (χ0v) is 15.1. The van der Waals surface area contributed by atoms with E-state index in [-0.39, 0.29) is 24.2 Å². The lowest BCUT2D eigenvalue weighted by molar-refractivity contribution is -0.120. The number of aromatic nitrogens is 3. The Balaban J connectivity index is 1.36. The number of benzene rings is 1. The molecule has 4 rings (SSSR count). The van der Waals surface area contributed by atoms with Gasteiger partial charge >= 0.3 is 0 Å². The molecule has 9 heteroatoms. The quantitative estimate of drug-likeness (QED) is 0.627. The van der Waals surface area contributed by atoms with Crippen LogP contribution in [0, 0.1) is 11.6 Å². The molecule has 1 atom stereocenters. The minimum atomic E-state index is -0.988. The van der Waals surface area contributed by atoms with E-state index in [2.05, 4.69) is 30.5 Å². The summed E-state index contributed by atoms with van der Waals surface area (Å²) in [5.41, 5.74) is 0.744. The van der Waals surface area contributed by atoms with E-state index in [0.29, 0.717) is 6.54 Å². The maximum Gasteiger partial charge on any atom is 0.239 e. The van der Waals surface area contributed by atoms with Gasteiger partial charge in [-0.15, -0.1) is 0 Å². The van der Waals surface area contributed by atoms with Crippen molar-refractivity contribution >= 4 is 28.4 Å². The average molecular weight is 386 g/mol. The van der Waals surface area contributed by atoms with Gasteiger partial charge in [0, 0.05) is 25.3 Å². The fourth-order valence-electron chi connectivity index (χ4n) is 3.49. The molecule has 2 aromatic heterocycles. The molecule has 0 bridgehead atoms. The number of H-pyrrole nitrogens is 1. The first-order valence-electron chi connectivity index (χ1n) is 9.12. The second-order valence-electron chi connectivity index (χ2n) is 6.74. The molecule has 1 aliphatic heterocycles. The van der Waals surface area contributed by atoms with Gasteiger partial charge in [0.05, 0.1) is 17.6 Å². The summed E-state index contributed by atoms with van der Waals surface area (Å²) in [6, 6.07) is 5.70. The molecule has 146 valence electrons. The van der Waals surface area contributed by atoms with Crippen molar-refractivity contribution in [3.63, 3.8) is 0 Å². The van der Waals surface area contributed by atoms with Crippen molar-refractivity contribution in [3.05, 3.63) is 48.4 Å². The number of fused-ring (bicyclic) bond motifs is 1. The van der Waals surface area contributed by atoms with E-state index in [1.807, 2.05) is 12.3 Å². The fraction of sp³-hybridized carbons (Fsp3) is 0.316. The van der Waals surface area contributed by atoms with Crippen molar-refractivity contribution in [3.8, 4) is 0 Å². The first-order chi connectivity index (χ1) is 13.6. The predicted octanol–water partition coefficient (Wildman–Crippen LogP) is 2.43. The summed E-state index contributed by atoms with van der Waals surface area (Å²) in [5, 5.41) is 6.54. The summed E-state index contributed by atoms with van der Waals surface area (Å²) in [5.74, 6) is -1.37. The van der Waals surface area contributed by atoms with E-state index in [0.717, 1.165) is 42.3 Å². The van der Waals surface area contributed by atoms with Gasteiger partial charge in [-0.1, -0.05) is 6.07 Å². The standard InChI is InChI=1S/C19H20F2N6O/c20-14-4-1-5-15(17(14)21)23-9-16(28)26-12-3-2-8-27(10-12)19-13-6-7-22-18(13)24-11-25-19/h1,4-7,11-12,23H,2-3,8-10H2,(H,26,28)(H,22,24,25)/t12-/m1/s1. The van der Waals surface area contributed by atoms with Gasteiger partial charge < -0.3 is 20.5 Å². The molecule has 28 heavy (non-hydrogen) atoms. The van der Waals surface area contributed by atoms with Gasteiger partial charge in [-0.05, 0) is 31.0 Å². The van der Waals surface area contributed by atoms with Gasteiger partial charge in [0.25, 0.3) is 0 Å². The summed E-state index contributed by atoms with van der Waals surface area (Å²) in [6.07, 6.45) is 5.10. The molecule has 1 amide bonds.